The Bertz CT molecular complexity index is 1350. The lowest BCUT2D eigenvalue weighted by Crippen LogP contribution is -2.71. The molecule has 0 spiro atoms. The van der Waals surface area contributed by atoms with Gasteiger partial charge in [0, 0.05) is 24.8 Å². The Morgan fingerprint density at radius 2 is 2.17 bits per heavy atom. The van der Waals surface area contributed by atoms with Crippen LogP contribution in [-0.4, -0.2) is 94.7 Å². The smallest absolute Gasteiger partial charge is 0.352 e. The van der Waals surface area contributed by atoms with E-state index in [1.807, 2.05) is 0 Å². The number of aryl methyl sites for hydroxylation is 1. The van der Waals surface area contributed by atoms with E-state index in [1.54, 1.807) is 7.05 Å². The molecule has 2 amide bonds. The lowest BCUT2D eigenvalue weighted by Gasteiger charge is -2.49. The molecule has 3 atom stereocenters. The first-order valence-electron chi connectivity index (χ1n) is 9.68. The predicted octanol–water partition coefficient (Wildman–Crippen LogP) is -1.26. The number of nitrogens with one attached hydrogen (secondary N) is 1. The highest BCUT2D eigenvalue weighted by atomic mass is 32.2. The Balaban J connectivity index is 1.54. The van der Waals surface area contributed by atoms with Gasteiger partial charge < -0.3 is 15.0 Å². The Morgan fingerprint density at radius 3 is 2.77 bits per heavy atom. The third-order valence-electron chi connectivity index (χ3n) is 5.20. The van der Waals surface area contributed by atoms with Crippen LogP contribution in [0, 0.1) is 0 Å². The summed E-state index contributed by atoms with van der Waals surface area (Å²) >= 11 is 2.37. The second-order valence-corrected chi connectivity index (χ2v) is 10.9. The van der Waals surface area contributed by atoms with Gasteiger partial charge >= 0.3 is 5.97 Å². The van der Waals surface area contributed by atoms with Gasteiger partial charge in [0.15, 0.2) is 6.29 Å². The summed E-state index contributed by atoms with van der Waals surface area (Å²) in [7, 11) is -3.40. The Labute approximate surface area is 205 Å². The molecule has 3 N–H and O–H groups in total. The van der Waals surface area contributed by atoms with Crippen molar-refractivity contribution in [2.75, 3.05) is 11.5 Å². The average Bonchev–Trinajstić information content (AvgIpc) is 3.42. The van der Waals surface area contributed by atoms with Crippen molar-refractivity contribution in [2.24, 2.45) is 7.05 Å². The van der Waals surface area contributed by atoms with Gasteiger partial charge in [0.2, 0.25) is 10.5 Å². The molecule has 0 saturated carbocycles. The maximum atomic E-state index is 12.8. The number of aldehydes is 1. The monoisotopic (exact) mass is 543 g/mol. The standard InChI is InChI=1S/C17H17N7O8S3/c1-22-17(19-20-21-22)34-7-8-6-33-14-10(13(27)24(14)11(8)16(28)29)18-12(26)15(35(30,31)32)23-4-2-3-9(23)5-25/h2-5,10,14-15H,6-7H2,1H3,(H,18,26)(H,28,29)(H,30,31,32). The molecular weight excluding hydrogens is 526 g/mol. The van der Waals surface area contributed by atoms with Gasteiger partial charge in [0.1, 0.15) is 17.1 Å². The van der Waals surface area contributed by atoms with E-state index in [0.29, 0.717) is 17.0 Å². The molecule has 1 fully saturated rings. The van der Waals surface area contributed by atoms with E-state index in [4.69, 9.17) is 0 Å². The number of fused-ring (bicyclic) bond motifs is 1. The van der Waals surface area contributed by atoms with Crippen molar-refractivity contribution < 1.29 is 37.3 Å². The maximum absolute atomic E-state index is 12.8. The molecule has 4 rings (SSSR count). The Kier molecular flexibility index (Phi) is 6.71. The summed E-state index contributed by atoms with van der Waals surface area (Å²) in [5.74, 6) is -2.92. The van der Waals surface area contributed by atoms with Crippen LogP contribution in [0.4, 0.5) is 0 Å². The van der Waals surface area contributed by atoms with Crippen LogP contribution in [0.15, 0.2) is 34.8 Å². The van der Waals surface area contributed by atoms with Crippen LogP contribution in [-0.2, 0) is 31.5 Å². The average molecular weight is 544 g/mol. The van der Waals surface area contributed by atoms with E-state index in [9.17, 15) is 37.3 Å². The first kappa shape index (κ1) is 24.9. The first-order chi connectivity index (χ1) is 16.5. The number of hydrogen-bond acceptors (Lipinski definition) is 11. The van der Waals surface area contributed by atoms with Gasteiger partial charge in [-0.15, -0.1) is 16.9 Å². The second kappa shape index (κ2) is 9.44. The highest BCUT2D eigenvalue weighted by molar-refractivity contribution is 8.01. The minimum Gasteiger partial charge on any atom is -0.477 e. The van der Waals surface area contributed by atoms with Crippen molar-refractivity contribution in [3.05, 3.63) is 35.3 Å². The first-order valence-corrected chi connectivity index (χ1v) is 13.2. The molecule has 1 saturated heterocycles. The van der Waals surface area contributed by atoms with Gasteiger partial charge in [-0.2, -0.15) is 8.42 Å². The summed E-state index contributed by atoms with van der Waals surface area (Å²) in [6, 6.07) is 1.31. The fraction of sp³-hybridized carbons (Fsp3) is 0.353. The predicted molar refractivity (Wildman–Crippen MR) is 120 cm³/mol. The summed E-state index contributed by atoms with van der Waals surface area (Å²) in [4.78, 5) is 49.8. The molecule has 186 valence electrons. The number of carbonyl (C=O) groups is 4. The van der Waals surface area contributed by atoms with Crippen LogP contribution in [0.3, 0.4) is 0 Å². The zero-order valence-electron chi connectivity index (χ0n) is 17.7. The second-order valence-electron chi connectivity index (χ2n) is 7.35. The molecular formula is C17H17N7O8S3. The quantitative estimate of drug-likeness (QED) is 0.146. The topological polar surface area (TPSA) is 207 Å². The highest BCUT2D eigenvalue weighted by Crippen LogP contribution is 2.41. The third-order valence-corrected chi connectivity index (χ3v) is 8.64. The highest BCUT2D eigenvalue weighted by Gasteiger charge is 2.55. The number of aromatic nitrogens is 5. The van der Waals surface area contributed by atoms with Crippen LogP contribution in [0.2, 0.25) is 0 Å². The van der Waals surface area contributed by atoms with Gasteiger partial charge in [0.05, 0.1) is 5.69 Å². The number of carboxylic acids is 1. The lowest BCUT2D eigenvalue weighted by atomic mass is 10.0. The van der Waals surface area contributed by atoms with E-state index in [0.717, 1.165) is 15.7 Å². The van der Waals surface area contributed by atoms with E-state index < -0.39 is 44.7 Å². The van der Waals surface area contributed by atoms with Gasteiger partial charge in [-0.25, -0.2) is 9.48 Å². The van der Waals surface area contributed by atoms with Crippen LogP contribution < -0.4 is 5.32 Å². The fourth-order valence-electron chi connectivity index (χ4n) is 3.64. The fourth-order valence-corrected chi connectivity index (χ4v) is 6.79. The molecule has 2 aromatic rings. The van der Waals surface area contributed by atoms with E-state index in [2.05, 4.69) is 20.8 Å². The number of aliphatic carboxylic acids is 1. The number of thioether (sulfide) groups is 2. The minimum absolute atomic E-state index is 0.187. The molecule has 4 heterocycles. The molecule has 35 heavy (non-hydrogen) atoms. The van der Waals surface area contributed by atoms with Gasteiger partial charge in [0.25, 0.3) is 21.9 Å². The zero-order chi connectivity index (χ0) is 25.5. The summed E-state index contributed by atoms with van der Waals surface area (Å²) in [6.45, 7) is 0. The van der Waals surface area contributed by atoms with Crippen molar-refractivity contribution in [1.82, 2.24) is 35.0 Å². The molecule has 0 bridgehead atoms. The molecule has 2 aromatic heterocycles. The molecule has 3 unspecified atom stereocenters. The molecule has 0 radical (unpaired) electrons. The molecule has 0 aliphatic carbocycles. The summed E-state index contributed by atoms with van der Waals surface area (Å²) < 4.78 is 35.6. The molecule has 18 heteroatoms. The Morgan fingerprint density at radius 1 is 1.43 bits per heavy atom. The number of carbonyl (C=O) groups excluding carboxylic acids is 3. The SMILES string of the molecule is Cn1nnnc1SCC1=C(C(=O)O)N2C(=O)C(NC(=O)C(n3cccc3C=O)S(=O)(=O)O)C2SC1. The summed E-state index contributed by atoms with van der Waals surface area (Å²) in [6.07, 6.45) is 1.42. The molecule has 15 nitrogen and oxygen atoms in total. The third kappa shape index (κ3) is 4.56. The van der Waals surface area contributed by atoms with Gasteiger partial charge in [-0.1, -0.05) is 11.8 Å². The van der Waals surface area contributed by atoms with Crippen molar-refractivity contribution in [1.29, 1.82) is 0 Å². The number of rotatable bonds is 9. The van der Waals surface area contributed by atoms with Gasteiger partial charge in [-0.3, -0.25) is 23.8 Å². The number of tetrazole rings is 1. The van der Waals surface area contributed by atoms with Crippen LogP contribution >= 0.6 is 23.5 Å². The molecule has 2 aliphatic rings. The van der Waals surface area contributed by atoms with Gasteiger partial charge in [-0.05, 0) is 28.1 Å². The van der Waals surface area contributed by atoms with Crippen molar-refractivity contribution in [3.8, 4) is 0 Å². The number of amides is 2. The zero-order valence-corrected chi connectivity index (χ0v) is 20.2. The summed E-state index contributed by atoms with van der Waals surface area (Å²) in [5.41, 5.74) is 0.0308. The van der Waals surface area contributed by atoms with Crippen molar-refractivity contribution in [3.63, 3.8) is 0 Å². The Hall–Kier alpha value is -3.22. The normalized spacial score (nSPS) is 20.7. The van der Waals surface area contributed by atoms with Crippen LogP contribution in [0.5, 0.6) is 0 Å². The minimum atomic E-state index is -5.03. The number of carboxylic acid groups (broad SMARTS) is 1. The molecule has 2 aliphatic heterocycles. The summed E-state index contributed by atoms with van der Waals surface area (Å²) in [5, 5.41) is 20.5. The number of hydrogen-bond donors (Lipinski definition) is 3. The number of nitrogens with zero attached hydrogens (tertiary/aromatic N) is 6. The van der Waals surface area contributed by atoms with E-state index >= 15 is 0 Å². The lowest BCUT2D eigenvalue weighted by molar-refractivity contribution is -0.150. The van der Waals surface area contributed by atoms with Crippen LogP contribution in [0.1, 0.15) is 15.9 Å². The maximum Gasteiger partial charge on any atom is 0.352 e. The van der Waals surface area contributed by atoms with Crippen molar-refractivity contribution in [2.45, 2.75) is 21.9 Å². The van der Waals surface area contributed by atoms with Crippen LogP contribution in [0.25, 0.3) is 0 Å². The van der Waals surface area contributed by atoms with E-state index in [1.165, 1.54) is 40.3 Å². The largest absolute Gasteiger partial charge is 0.477 e. The van der Waals surface area contributed by atoms with E-state index in [-0.39, 0.29) is 22.9 Å². The molecule has 0 aromatic carbocycles. The number of β-lactam (4-membered cyclic amide) rings is 1. The van der Waals surface area contributed by atoms with Crippen molar-refractivity contribution >= 4 is 57.7 Å².